The molecule has 3 rings (SSSR count). The van der Waals surface area contributed by atoms with E-state index in [-0.39, 0.29) is 11.6 Å². The Morgan fingerprint density at radius 1 is 1.12 bits per heavy atom. The number of aryl methyl sites for hydroxylation is 2. The number of amides is 1. The van der Waals surface area contributed by atoms with Gasteiger partial charge in [0, 0.05) is 31.3 Å². The number of nitro groups is 1. The maximum atomic E-state index is 13.2. The highest BCUT2D eigenvalue weighted by Gasteiger charge is 2.19. The Morgan fingerprint density at radius 2 is 1.81 bits per heavy atom. The van der Waals surface area contributed by atoms with Gasteiger partial charge in [0.25, 0.3) is 11.6 Å². The van der Waals surface area contributed by atoms with Crippen LogP contribution in [0.15, 0.2) is 42.5 Å². The van der Waals surface area contributed by atoms with Crippen molar-refractivity contribution in [3.63, 3.8) is 0 Å². The fourth-order valence-corrected chi connectivity index (χ4v) is 4.57. The molecule has 0 saturated carbocycles. The zero-order valence-corrected chi connectivity index (χ0v) is 19.7. The van der Waals surface area contributed by atoms with Gasteiger partial charge in [-0.1, -0.05) is 31.3 Å². The molecule has 0 radical (unpaired) electrons. The van der Waals surface area contributed by atoms with E-state index in [9.17, 15) is 14.9 Å². The number of thiazole rings is 1. The second-order valence-corrected chi connectivity index (χ2v) is 8.60. The van der Waals surface area contributed by atoms with E-state index in [1.54, 1.807) is 23.1 Å². The molecule has 0 atom stereocenters. The zero-order valence-electron chi connectivity index (χ0n) is 18.9. The first-order chi connectivity index (χ1) is 15.3. The van der Waals surface area contributed by atoms with Crippen molar-refractivity contribution in [3.05, 3.63) is 69.3 Å². The second-order valence-electron chi connectivity index (χ2n) is 7.63. The molecule has 0 saturated heterocycles. The van der Waals surface area contributed by atoms with Crippen molar-refractivity contribution in [3.8, 4) is 0 Å². The zero-order chi connectivity index (χ0) is 23.3. The molecule has 7 nitrogen and oxygen atoms in total. The molecule has 0 fully saturated rings. The fraction of sp³-hybridized carbons (Fsp3) is 0.333. The first-order valence-electron chi connectivity index (χ1n) is 10.7. The Bertz CT molecular complexity index is 1130. The van der Waals surface area contributed by atoms with Crippen LogP contribution in [-0.2, 0) is 4.79 Å². The van der Waals surface area contributed by atoms with E-state index < -0.39 is 4.92 Å². The number of benzene rings is 2. The number of anilines is 1. The van der Waals surface area contributed by atoms with Gasteiger partial charge in [-0.25, -0.2) is 4.98 Å². The number of non-ortho nitro benzene ring substituents is 1. The summed E-state index contributed by atoms with van der Waals surface area (Å²) in [5, 5.41) is 11.5. The number of carbonyl (C=O) groups is 1. The van der Waals surface area contributed by atoms with Crippen molar-refractivity contribution in [2.45, 2.75) is 27.7 Å². The Hall–Kier alpha value is -3.10. The van der Waals surface area contributed by atoms with E-state index in [4.69, 9.17) is 4.98 Å². The number of aromatic nitrogens is 1. The first kappa shape index (κ1) is 23.6. The molecule has 0 N–H and O–H groups in total. The highest BCUT2D eigenvalue weighted by Crippen LogP contribution is 2.32. The molecule has 8 heteroatoms. The third kappa shape index (κ3) is 5.57. The van der Waals surface area contributed by atoms with Gasteiger partial charge in [-0.2, -0.15) is 0 Å². The SMILES string of the molecule is CCN(CC)CCN(C(=O)C=Cc1ccc([N+](=O)[O-])cc1)c1nc2cc(C)cc(C)c2s1. The Morgan fingerprint density at radius 3 is 2.44 bits per heavy atom. The van der Waals surface area contributed by atoms with E-state index in [1.165, 1.54) is 29.5 Å². The maximum absolute atomic E-state index is 13.2. The van der Waals surface area contributed by atoms with Crippen molar-refractivity contribution >= 4 is 44.4 Å². The van der Waals surface area contributed by atoms with Crippen molar-refractivity contribution in [1.29, 1.82) is 0 Å². The minimum atomic E-state index is -0.440. The van der Waals surface area contributed by atoms with E-state index in [0.717, 1.165) is 46.5 Å². The molecule has 1 aromatic heterocycles. The number of likely N-dealkylation sites (N-methyl/N-ethyl adjacent to an activating group) is 1. The minimum absolute atomic E-state index is 0.0227. The number of nitrogens with zero attached hydrogens (tertiary/aromatic N) is 4. The number of hydrogen-bond donors (Lipinski definition) is 0. The van der Waals surface area contributed by atoms with E-state index >= 15 is 0 Å². The van der Waals surface area contributed by atoms with Crippen LogP contribution >= 0.6 is 11.3 Å². The van der Waals surface area contributed by atoms with Crippen molar-refractivity contribution in [2.24, 2.45) is 0 Å². The van der Waals surface area contributed by atoms with Gasteiger partial charge in [-0.15, -0.1) is 0 Å². The summed E-state index contributed by atoms with van der Waals surface area (Å²) in [6.45, 7) is 11.4. The highest BCUT2D eigenvalue weighted by molar-refractivity contribution is 7.22. The monoisotopic (exact) mass is 452 g/mol. The summed E-state index contributed by atoms with van der Waals surface area (Å²) in [6.07, 6.45) is 3.19. The smallest absolute Gasteiger partial charge is 0.269 e. The lowest BCUT2D eigenvalue weighted by Gasteiger charge is -2.23. The number of rotatable bonds is 9. The molecule has 1 amide bonds. The molecule has 0 unspecified atom stereocenters. The quantitative estimate of drug-likeness (QED) is 0.253. The van der Waals surface area contributed by atoms with Gasteiger partial charge in [0.15, 0.2) is 5.13 Å². The molecule has 0 spiro atoms. The molecule has 168 valence electrons. The van der Waals surface area contributed by atoms with Crippen LogP contribution < -0.4 is 4.90 Å². The molecule has 2 aromatic carbocycles. The molecule has 0 aliphatic rings. The third-order valence-electron chi connectivity index (χ3n) is 5.36. The Balaban J connectivity index is 1.88. The Labute approximate surface area is 192 Å². The summed E-state index contributed by atoms with van der Waals surface area (Å²) in [6, 6.07) is 10.3. The lowest BCUT2D eigenvalue weighted by Crippen LogP contribution is -2.38. The number of fused-ring (bicyclic) bond motifs is 1. The van der Waals surface area contributed by atoms with Gasteiger partial charge >= 0.3 is 0 Å². The van der Waals surface area contributed by atoms with Gasteiger partial charge < -0.3 is 4.90 Å². The molecule has 0 aliphatic heterocycles. The van der Waals surface area contributed by atoms with E-state index in [2.05, 4.69) is 31.7 Å². The summed E-state index contributed by atoms with van der Waals surface area (Å²) in [5.74, 6) is -0.163. The lowest BCUT2D eigenvalue weighted by molar-refractivity contribution is -0.384. The normalized spacial score (nSPS) is 11.5. The van der Waals surface area contributed by atoms with E-state index in [0.29, 0.717) is 11.7 Å². The molecule has 0 bridgehead atoms. The van der Waals surface area contributed by atoms with Crippen LogP contribution in [0, 0.1) is 24.0 Å². The van der Waals surface area contributed by atoms with Crippen LogP contribution in [0.3, 0.4) is 0 Å². The lowest BCUT2D eigenvalue weighted by atomic mass is 10.1. The standard InChI is InChI=1S/C24H28N4O3S/c1-5-26(6-2)13-14-27(24-25-21-16-17(3)15-18(4)23(21)32-24)22(29)12-9-19-7-10-20(11-8-19)28(30)31/h7-12,15-16H,5-6,13-14H2,1-4H3. The summed E-state index contributed by atoms with van der Waals surface area (Å²) in [7, 11) is 0. The summed E-state index contributed by atoms with van der Waals surface area (Å²) in [5.41, 5.74) is 3.95. The molecule has 0 aliphatic carbocycles. The van der Waals surface area contributed by atoms with Crippen molar-refractivity contribution in [1.82, 2.24) is 9.88 Å². The summed E-state index contributed by atoms with van der Waals surface area (Å²) in [4.78, 5) is 32.3. The molecule has 3 aromatic rings. The van der Waals surface area contributed by atoms with Crippen LogP contribution in [0.5, 0.6) is 0 Å². The number of carbonyl (C=O) groups excluding carboxylic acids is 1. The highest BCUT2D eigenvalue weighted by atomic mass is 32.1. The topological polar surface area (TPSA) is 79.6 Å². The number of hydrogen-bond acceptors (Lipinski definition) is 6. The van der Waals surface area contributed by atoms with Gasteiger partial charge in [-0.3, -0.25) is 19.8 Å². The average molecular weight is 453 g/mol. The largest absolute Gasteiger partial charge is 0.302 e. The Kier molecular flexibility index (Phi) is 7.71. The fourth-order valence-electron chi connectivity index (χ4n) is 3.53. The second kappa shape index (κ2) is 10.5. The van der Waals surface area contributed by atoms with E-state index in [1.807, 2.05) is 13.0 Å². The van der Waals surface area contributed by atoms with Crippen LogP contribution in [0.1, 0.15) is 30.5 Å². The van der Waals surface area contributed by atoms with Gasteiger partial charge in [0.05, 0.1) is 15.1 Å². The van der Waals surface area contributed by atoms with Crippen LogP contribution in [0.25, 0.3) is 16.3 Å². The molecule has 32 heavy (non-hydrogen) atoms. The van der Waals surface area contributed by atoms with Crippen LogP contribution in [0.4, 0.5) is 10.8 Å². The van der Waals surface area contributed by atoms with Gasteiger partial charge in [0.2, 0.25) is 0 Å². The molecule has 1 heterocycles. The predicted octanol–water partition coefficient (Wildman–Crippen LogP) is 5.21. The predicted molar refractivity (Wildman–Crippen MR) is 131 cm³/mol. The van der Waals surface area contributed by atoms with Crippen LogP contribution in [-0.4, -0.2) is 46.9 Å². The van der Waals surface area contributed by atoms with Crippen LogP contribution in [0.2, 0.25) is 0 Å². The maximum Gasteiger partial charge on any atom is 0.269 e. The first-order valence-corrected chi connectivity index (χ1v) is 11.5. The molecular weight excluding hydrogens is 424 g/mol. The van der Waals surface area contributed by atoms with Crippen molar-refractivity contribution < 1.29 is 9.72 Å². The van der Waals surface area contributed by atoms with Gasteiger partial charge in [0.1, 0.15) is 0 Å². The van der Waals surface area contributed by atoms with Crippen molar-refractivity contribution in [2.75, 3.05) is 31.1 Å². The van der Waals surface area contributed by atoms with Gasteiger partial charge in [-0.05, 0) is 67.9 Å². The summed E-state index contributed by atoms with van der Waals surface area (Å²) < 4.78 is 1.09. The number of nitro benzene ring substituents is 1. The average Bonchev–Trinajstić information content (AvgIpc) is 3.19. The summed E-state index contributed by atoms with van der Waals surface area (Å²) >= 11 is 1.53. The molecular formula is C24H28N4O3S. The third-order valence-corrected chi connectivity index (χ3v) is 6.59. The minimum Gasteiger partial charge on any atom is -0.302 e.